The molecule has 2 nitrogen and oxygen atoms in total. The molecular weight excluding hydrogens is 234 g/mol. The molecule has 1 aromatic rings. The van der Waals surface area contributed by atoms with Crippen LogP contribution in [0.1, 0.15) is 57.2 Å². The lowest BCUT2D eigenvalue weighted by atomic mass is 9.81. The molecule has 0 amide bonds. The van der Waals surface area contributed by atoms with E-state index in [1.165, 1.54) is 11.1 Å². The van der Waals surface area contributed by atoms with Gasteiger partial charge in [0.25, 0.3) is 0 Å². The average molecular weight is 261 g/mol. The van der Waals surface area contributed by atoms with Gasteiger partial charge in [0.05, 0.1) is 0 Å². The van der Waals surface area contributed by atoms with Crippen LogP contribution in [0.3, 0.4) is 0 Å². The SMILES string of the molecule is CCC(C)(C)c1ccc(C(N)C2CCOCC2)cc1. The number of hydrogen-bond donors (Lipinski definition) is 1. The molecule has 2 N–H and O–H groups in total. The van der Waals surface area contributed by atoms with E-state index in [1.807, 2.05) is 0 Å². The zero-order chi connectivity index (χ0) is 13.9. The number of ether oxygens (including phenoxy) is 1. The summed E-state index contributed by atoms with van der Waals surface area (Å²) >= 11 is 0. The van der Waals surface area contributed by atoms with Gasteiger partial charge in [-0.15, -0.1) is 0 Å². The van der Waals surface area contributed by atoms with Crippen LogP contribution in [0.5, 0.6) is 0 Å². The first-order valence-electron chi connectivity index (χ1n) is 7.48. The van der Waals surface area contributed by atoms with Gasteiger partial charge in [0.2, 0.25) is 0 Å². The Morgan fingerprint density at radius 1 is 1.21 bits per heavy atom. The van der Waals surface area contributed by atoms with Crippen molar-refractivity contribution in [1.82, 2.24) is 0 Å². The molecule has 0 spiro atoms. The van der Waals surface area contributed by atoms with Crippen molar-refractivity contribution in [3.63, 3.8) is 0 Å². The van der Waals surface area contributed by atoms with Crippen molar-refractivity contribution < 1.29 is 4.74 Å². The fraction of sp³-hybridized carbons (Fsp3) is 0.647. The summed E-state index contributed by atoms with van der Waals surface area (Å²) < 4.78 is 5.41. The van der Waals surface area contributed by atoms with Gasteiger partial charge in [0, 0.05) is 19.3 Å². The fourth-order valence-electron chi connectivity index (χ4n) is 2.71. The van der Waals surface area contributed by atoms with E-state index in [0.717, 1.165) is 32.5 Å². The standard InChI is InChI=1S/C17H27NO/c1-4-17(2,3)15-7-5-13(6-8-15)16(18)14-9-11-19-12-10-14/h5-8,14,16H,4,9-12,18H2,1-3H3. The molecule has 0 aromatic heterocycles. The molecule has 0 aliphatic carbocycles. The lowest BCUT2D eigenvalue weighted by molar-refractivity contribution is 0.0584. The molecule has 0 saturated carbocycles. The van der Waals surface area contributed by atoms with Crippen LogP contribution < -0.4 is 5.73 Å². The molecule has 0 bridgehead atoms. The van der Waals surface area contributed by atoms with Gasteiger partial charge in [0.15, 0.2) is 0 Å². The second-order valence-electron chi connectivity index (χ2n) is 6.34. The van der Waals surface area contributed by atoms with Crippen LogP contribution in [0.2, 0.25) is 0 Å². The maximum Gasteiger partial charge on any atom is 0.0469 e. The van der Waals surface area contributed by atoms with Gasteiger partial charge in [-0.2, -0.15) is 0 Å². The van der Waals surface area contributed by atoms with Crippen molar-refractivity contribution >= 4 is 0 Å². The van der Waals surface area contributed by atoms with Crippen LogP contribution in [0.4, 0.5) is 0 Å². The van der Waals surface area contributed by atoms with Gasteiger partial charge in [-0.25, -0.2) is 0 Å². The number of nitrogens with two attached hydrogens (primary N) is 1. The molecular formula is C17H27NO. The molecule has 1 heterocycles. The third-order valence-electron chi connectivity index (χ3n) is 4.73. The second kappa shape index (κ2) is 6.06. The highest BCUT2D eigenvalue weighted by Gasteiger charge is 2.23. The molecule has 0 radical (unpaired) electrons. The highest BCUT2D eigenvalue weighted by atomic mass is 16.5. The Kier molecular flexibility index (Phi) is 4.64. The monoisotopic (exact) mass is 261 g/mol. The zero-order valence-electron chi connectivity index (χ0n) is 12.5. The van der Waals surface area contributed by atoms with Crippen molar-refractivity contribution in [2.75, 3.05) is 13.2 Å². The van der Waals surface area contributed by atoms with Gasteiger partial charge < -0.3 is 10.5 Å². The molecule has 1 saturated heterocycles. The van der Waals surface area contributed by atoms with Crippen molar-refractivity contribution in [3.05, 3.63) is 35.4 Å². The minimum absolute atomic E-state index is 0.155. The third-order valence-corrected chi connectivity index (χ3v) is 4.73. The minimum Gasteiger partial charge on any atom is -0.381 e. The Labute approximate surface area is 117 Å². The van der Waals surface area contributed by atoms with Crippen LogP contribution in [-0.4, -0.2) is 13.2 Å². The smallest absolute Gasteiger partial charge is 0.0469 e. The lowest BCUT2D eigenvalue weighted by Crippen LogP contribution is -2.27. The molecule has 106 valence electrons. The fourth-order valence-corrected chi connectivity index (χ4v) is 2.71. The summed E-state index contributed by atoms with van der Waals surface area (Å²) in [7, 11) is 0. The highest BCUT2D eigenvalue weighted by Crippen LogP contribution is 2.31. The molecule has 1 atom stereocenters. The first-order valence-corrected chi connectivity index (χ1v) is 7.48. The summed E-state index contributed by atoms with van der Waals surface area (Å²) in [6.07, 6.45) is 3.32. The summed E-state index contributed by atoms with van der Waals surface area (Å²) in [5.74, 6) is 0.568. The Morgan fingerprint density at radius 2 is 1.79 bits per heavy atom. The molecule has 2 rings (SSSR count). The maximum absolute atomic E-state index is 6.41. The van der Waals surface area contributed by atoms with E-state index in [2.05, 4.69) is 45.0 Å². The normalized spacial score (nSPS) is 19.4. The van der Waals surface area contributed by atoms with Crippen LogP contribution in [0.25, 0.3) is 0 Å². The average Bonchev–Trinajstić information content (AvgIpc) is 2.47. The van der Waals surface area contributed by atoms with E-state index < -0.39 is 0 Å². The Balaban J connectivity index is 2.09. The van der Waals surface area contributed by atoms with E-state index in [0.29, 0.717) is 5.92 Å². The molecule has 1 aliphatic heterocycles. The van der Waals surface area contributed by atoms with Crippen LogP contribution in [-0.2, 0) is 10.2 Å². The molecule has 1 unspecified atom stereocenters. The summed E-state index contributed by atoms with van der Waals surface area (Å²) in [6, 6.07) is 9.08. The van der Waals surface area contributed by atoms with Crippen molar-refractivity contribution in [1.29, 1.82) is 0 Å². The predicted octanol–water partition coefficient (Wildman–Crippen LogP) is 3.80. The van der Waals surface area contributed by atoms with Gasteiger partial charge in [0.1, 0.15) is 0 Å². The quantitative estimate of drug-likeness (QED) is 0.894. The van der Waals surface area contributed by atoms with Gasteiger partial charge in [-0.05, 0) is 41.7 Å². The molecule has 19 heavy (non-hydrogen) atoms. The number of hydrogen-bond acceptors (Lipinski definition) is 2. The first kappa shape index (κ1) is 14.5. The molecule has 1 aromatic carbocycles. The Morgan fingerprint density at radius 3 is 2.32 bits per heavy atom. The van der Waals surface area contributed by atoms with Crippen molar-refractivity contribution in [2.45, 2.75) is 51.5 Å². The van der Waals surface area contributed by atoms with Crippen LogP contribution in [0.15, 0.2) is 24.3 Å². The summed E-state index contributed by atoms with van der Waals surface area (Å²) in [6.45, 7) is 8.54. The largest absolute Gasteiger partial charge is 0.381 e. The van der Waals surface area contributed by atoms with E-state index in [9.17, 15) is 0 Å². The highest BCUT2D eigenvalue weighted by molar-refractivity contribution is 5.29. The summed E-state index contributed by atoms with van der Waals surface area (Å²) in [5.41, 5.74) is 9.32. The molecule has 1 fully saturated rings. The number of rotatable bonds is 4. The summed E-state index contributed by atoms with van der Waals surface area (Å²) in [4.78, 5) is 0. The Hall–Kier alpha value is -0.860. The van der Waals surface area contributed by atoms with E-state index in [1.54, 1.807) is 0 Å². The van der Waals surface area contributed by atoms with Crippen LogP contribution >= 0.6 is 0 Å². The van der Waals surface area contributed by atoms with E-state index in [-0.39, 0.29) is 11.5 Å². The van der Waals surface area contributed by atoms with Gasteiger partial charge in [-0.3, -0.25) is 0 Å². The van der Waals surface area contributed by atoms with E-state index >= 15 is 0 Å². The number of benzene rings is 1. The first-order chi connectivity index (χ1) is 9.04. The van der Waals surface area contributed by atoms with E-state index in [4.69, 9.17) is 10.5 Å². The Bertz CT molecular complexity index is 390. The second-order valence-corrected chi connectivity index (χ2v) is 6.34. The topological polar surface area (TPSA) is 35.2 Å². The predicted molar refractivity (Wildman–Crippen MR) is 80.2 cm³/mol. The zero-order valence-corrected chi connectivity index (χ0v) is 12.5. The lowest BCUT2D eigenvalue weighted by Gasteiger charge is -2.29. The molecule has 2 heteroatoms. The summed E-state index contributed by atoms with van der Waals surface area (Å²) in [5, 5.41) is 0. The van der Waals surface area contributed by atoms with Gasteiger partial charge in [-0.1, -0.05) is 45.0 Å². The maximum atomic E-state index is 6.41. The third kappa shape index (κ3) is 3.37. The molecule has 1 aliphatic rings. The van der Waals surface area contributed by atoms with Gasteiger partial charge >= 0.3 is 0 Å². The van der Waals surface area contributed by atoms with Crippen molar-refractivity contribution in [3.8, 4) is 0 Å². The minimum atomic E-state index is 0.155. The van der Waals surface area contributed by atoms with Crippen molar-refractivity contribution in [2.24, 2.45) is 11.7 Å². The van der Waals surface area contributed by atoms with Crippen LogP contribution in [0, 0.1) is 5.92 Å².